The second kappa shape index (κ2) is 11.4. The minimum Gasteiger partial charge on any atom is -0.319 e. The summed E-state index contributed by atoms with van der Waals surface area (Å²) in [5.74, 6) is 0. The van der Waals surface area contributed by atoms with Gasteiger partial charge < -0.3 is 18.9 Å². The molecule has 34 heavy (non-hydrogen) atoms. The molecule has 4 heterocycles. The Balaban J connectivity index is 1.46. The van der Waals surface area contributed by atoms with Crippen LogP contribution in [0.4, 0.5) is 9.59 Å². The molecule has 194 valence electrons. The van der Waals surface area contributed by atoms with Crippen molar-refractivity contribution in [1.29, 1.82) is 0 Å². The minimum absolute atomic E-state index is 0.0254. The van der Waals surface area contributed by atoms with Gasteiger partial charge in [-0.15, -0.1) is 0 Å². The van der Waals surface area contributed by atoms with Crippen LogP contribution >= 0.6 is 0 Å². The zero-order valence-electron chi connectivity index (χ0n) is 21.2. The molecule has 0 aromatic heterocycles. The van der Waals surface area contributed by atoms with Gasteiger partial charge in [-0.25, -0.2) is 9.59 Å². The molecule has 0 aliphatic carbocycles. The monoisotopic (exact) mass is 482 g/mol. The number of ether oxygens (including phenoxy) is 4. The summed E-state index contributed by atoms with van der Waals surface area (Å²) in [5, 5.41) is 0. The highest BCUT2D eigenvalue weighted by atomic mass is 16.8. The lowest BCUT2D eigenvalue weighted by Crippen LogP contribution is -2.43. The summed E-state index contributed by atoms with van der Waals surface area (Å²) < 4.78 is 25.0. The van der Waals surface area contributed by atoms with E-state index in [1.807, 2.05) is 0 Å². The summed E-state index contributed by atoms with van der Waals surface area (Å²) >= 11 is 0. The third kappa shape index (κ3) is 4.74. The van der Waals surface area contributed by atoms with E-state index in [1.165, 1.54) is 0 Å². The van der Waals surface area contributed by atoms with Crippen LogP contribution < -0.4 is 0 Å². The van der Waals surface area contributed by atoms with Gasteiger partial charge in [-0.05, 0) is 25.7 Å². The second-order valence-corrected chi connectivity index (χ2v) is 9.60. The summed E-state index contributed by atoms with van der Waals surface area (Å²) in [6, 6.07) is -0.0508. The Labute approximate surface area is 203 Å². The molecule has 0 N–H and O–H groups in total. The van der Waals surface area contributed by atoms with Crippen LogP contribution in [0, 0.1) is 0 Å². The summed E-state index contributed by atoms with van der Waals surface area (Å²) in [6.45, 7) is 11.0. The Bertz CT molecular complexity index is 601. The molecule has 0 saturated carbocycles. The molecule has 0 aromatic carbocycles. The fourth-order valence-electron chi connectivity index (χ4n) is 5.02. The van der Waals surface area contributed by atoms with Gasteiger partial charge in [0.15, 0.2) is 24.9 Å². The van der Waals surface area contributed by atoms with Crippen LogP contribution in [0.2, 0.25) is 0 Å². The number of amides is 4. The number of hydrogen-bond donors (Lipinski definition) is 0. The highest BCUT2D eigenvalue weighted by Gasteiger charge is 2.60. The van der Waals surface area contributed by atoms with E-state index >= 15 is 0 Å². The quantitative estimate of drug-likeness (QED) is 0.398. The molecule has 10 nitrogen and oxygen atoms in total. The number of nitrogens with zero attached hydrogens (tertiary/aromatic N) is 4. The molecule has 0 unspecified atom stereocenters. The van der Waals surface area contributed by atoms with Gasteiger partial charge in [0.05, 0.1) is 0 Å². The van der Waals surface area contributed by atoms with Crippen LogP contribution in [0.25, 0.3) is 0 Å². The van der Waals surface area contributed by atoms with Crippen molar-refractivity contribution in [2.75, 3.05) is 26.2 Å². The Hall–Kier alpha value is -1.62. The first-order valence-electron chi connectivity index (χ1n) is 13.3. The highest BCUT2D eigenvalue weighted by Crippen LogP contribution is 2.40. The first-order valence-corrected chi connectivity index (χ1v) is 13.3. The SMILES string of the molecule is CCCCN1C(=O)N(CCCC)[C@@H]2OC(C3O[C@H]4[C@H](O3)N(CCCC)C(=O)N4CCCC)O[C@H]21. The summed E-state index contributed by atoms with van der Waals surface area (Å²) in [5.41, 5.74) is 0. The molecule has 4 fully saturated rings. The van der Waals surface area contributed by atoms with Crippen molar-refractivity contribution in [2.45, 2.75) is 117 Å². The summed E-state index contributed by atoms with van der Waals surface area (Å²) in [6.07, 6.45) is 4.23. The molecule has 4 rings (SSSR count). The predicted octanol–water partition coefficient (Wildman–Crippen LogP) is 3.71. The van der Waals surface area contributed by atoms with Crippen LogP contribution in [0.15, 0.2) is 0 Å². The van der Waals surface area contributed by atoms with E-state index in [1.54, 1.807) is 19.6 Å². The summed E-state index contributed by atoms with van der Waals surface area (Å²) in [4.78, 5) is 33.2. The van der Waals surface area contributed by atoms with Crippen molar-refractivity contribution in [2.24, 2.45) is 0 Å². The molecule has 4 aliphatic heterocycles. The van der Waals surface area contributed by atoms with Crippen LogP contribution in [0.5, 0.6) is 0 Å². The van der Waals surface area contributed by atoms with E-state index in [9.17, 15) is 9.59 Å². The molecular weight excluding hydrogens is 440 g/mol. The van der Waals surface area contributed by atoms with Gasteiger partial charge in [-0.2, -0.15) is 0 Å². The van der Waals surface area contributed by atoms with Crippen molar-refractivity contribution in [3.63, 3.8) is 0 Å². The molecule has 0 bridgehead atoms. The standard InChI is InChI=1S/C24H42N4O6/c1-5-9-13-25-17-18(26(23(25)29)14-10-6-2)32-21(31-17)22-33-19-20(34-22)28(16-12-8-4)24(30)27(19)15-11-7-3/h17-22H,5-16H2,1-4H3/t17-,18-,19+,20+. The van der Waals surface area contributed by atoms with Crippen LogP contribution in [-0.4, -0.2) is 95.3 Å². The Morgan fingerprint density at radius 1 is 0.500 bits per heavy atom. The van der Waals surface area contributed by atoms with Crippen molar-refractivity contribution in [3.05, 3.63) is 0 Å². The highest BCUT2D eigenvalue weighted by molar-refractivity contribution is 5.78. The number of carbonyl (C=O) groups is 2. The first kappa shape index (κ1) is 25.5. The topological polar surface area (TPSA) is 84.0 Å². The molecule has 4 amide bonds. The van der Waals surface area contributed by atoms with Crippen molar-refractivity contribution >= 4 is 12.1 Å². The van der Waals surface area contributed by atoms with Gasteiger partial charge in [0.25, 0.3) is 0 Å². The fraction of sp³-hybridized carbons (Fsp3) is 0.917. The zero-order valence-corrected chi connectivity index (χ0v) is 21.2. The number of unbranched alkanes of at least 4 members (excludes halogenated alkanes) is 4. The van der Waals surface area contributed by atoms with Gasteiger partial charge >= 0.3 is 12.1 Å². The molecule has 4 saturated heterocycles. The van der Waals surface area contributed by atoms with E-state index in [4.69, 9.17) is 18.9 Å². The van der Waals surface area contributed by atoms with Gasteiger partial charge in [-0.1, -0.05) is 53.4 Å². The lowest BCUT2D eigenvalue weighted by atomic mass is 10.3. The van der Waals surface area contributed by atoms with Crippen LogP contribution in [0.1, 0.15) is 79.1 Å². The average Bonchev–Trinajstić information content (AvgIpc) is 3.55. The maximum atomic E-state index is 13.0. The molecule has 10 heteroatoms. The predicted molar refractivity (Wildman–Crippen MR) is 124 cm³/mol. The maximum Gasteiger partial charge on any atom is 0.324 e. The average molecular weight is 483 g/mol. The number of urea groups is 2. The van der Waals surface area contributed by atoms with E-state index in [0.29, 0.717) is 26.2 Å². The van der Waals surface area contributed by atoms with Crippen LogP contribution in [0.3, 0.4) is 0 Å². The van der Waals surface area contributed by atoms with Crippen molar-refractivity contribution < 1.29 is 28.5 Å². The molecule has 0 aromatic rings. The van der Waals surface area contributed by atoms with Crippen molar-refractivity contribution in [1.82, 2.24) is 19.6 Å². The van der Waals surface area contributed by atoms with Crippen LogP contribution in [-0.2, 0) is 18.9 Å². The third-order valence-electron chi connectivity index (χ3n) is 7.03. The van der Waals surface area contributed by atoms with E-state index in [-0.39, 0.29) is 12.1 Å². The largest absolute Gasteiger partial charge is 0.324 e. The normalized spacial score (nSPS) is 29.8. The molecular formula is C24H42N4O6. The number of carbonyl (C=O) groups excluding carboxylic acids is 2. The molecule has 4 aliphatic rings. The van der Waals surface area contributed by atoms with Gasteiger partial charge in [0, 0.05) is 26.2 Å². The summed E-state index contributed by atoms with van der Waals surface area (Å²) in [7, 11) is 0. The van der Waals surface area contributed by atoms with Gasteiger partial charge in [0.2, 0.25) is 12.6 Å². The zero-order chi connectivity index (χ0) is 24.2. The smallest absolute Gasteiger partial charge is 0.319 e. The molecule has 0 radical (unpaired) electrons. The maximum absolute atomic E-state index is 13.0. The lowest BCUT2D eigenvalue weighted by Gasteiger charge is -2.28. The lowest BCUT2D eigenvalue weighted by molar-refractivity contribution is -0.242. The third-order valence-corrected chi connectivity index (χ3v) is 7.03. The van der Waals surface area contributed by atoms with Crippen molar-refractivity contribution in [3.8, 4) is 0 Å². The van der Waals surface area contributed by atoms with E-state index in [2.05, 4.69) is 27.7 Å². The van der Waals surface area contributed by atoms with E-state index < -0.39 is 37.5 Å². The van der Waals surface area contributed by atoms with Gasteiger partial charge in [-0.3, -0.25) is 19.6 Å². The first-order chi connectivity index (χ1) is 16.5. The molecule has 4 atom stereocenters. The number of rotatable bonds is 13. The second-order valence-electron chi connectivity index (χ2n) is 9.60. The Morgan fingerprint density at radius 3 is 0.941 bits per heavy atom. The van der Waals surface area contributed by atoms with E-state index in [0.717, 1.165) is 51.4 Å². The Kier molecular flexibility index (Phi) is 8.55. The molecule has 0 spiro atoms. The fourth-order valence-corrected chi connectivity index (χ4v) is 5.02. The number of fused-ring (bicyclic) bond motifs is 2. The minimum atomic E-state index is -0.752. The number of hydrogen-bond acceptors (Lipinski definition) is 6. The Morgan fingerprint density at radius 2 is 0.735 bits per heavy atom. The van der Waals surface area contributed by atoms with Gasteiger partial charge in [0.1, 0.15) is 0 Å².